The van der Waals surface area contributed by atoms with Crippen LogP contribution in [-0.4, -0.2) is 88.1 Å². The summed E-state index contributed by atoms with van der Waals surface area (Å²) in [6.45, 7) is 10.6. The Morgan fingerprint density at radius 1 is 0.939 bits per heavy atom. The fourth-order valence-electron chi connectivity index (χ4n) is 6.70. The van der Waals surface area contributed by atoms with Crippen LogP contribution >= 0.6 is 0 Å². The fourth-order valence-corrected chi connectivity index (χ4v) is 6.70. The smallest absolute Gasteiger partial charge is 0.406 e. The van der Waals surface area contributed by atoms with Crippen LogP contribution in [0.4, 0.5) is 19.4 Å². The maximum Gasteiger partial charge on any atom is 0.406 e. The number of hydrogen-bond acceptors (Lipinski definition) is 9. The van der Waals surface area contributed by atoms with Crippen molar-refractivity contribution >= 4 is 33.7 Å². The molecule has 0 spiro atoms. The zero-order valence-corrected chi connectivity index (χ0v) is 29.3. The number of hydrogen-bond donors (Lipinski definition) is 2. The summed E-state index contributed by atoms with van der Waals surface area (Å²) >= 11 is 0. The van der Waals surface area contributed by atoms with Crippen molar-refractivity contribution in [2.75, 3.05) is 51.3 Å². The van der Waals surface area contributed by atoms with E-state index in [1.165, 1.54) is 51.3 Å². The summed E-state index contributed by atoms with van der Waals surface area (Å²) in [6.07, 6.45) is 15.1. The number of carbonyl (C=O) groups excluding carboxylic acids is 1. The summed E-state index contributed by atoms with van der Waals surface area (Å²) in [6, 6.07) is 2.81. The summed E-state index contributed by atoms with van der Waals surface area (Å²) in [4.78, 5) is 28.6. The number of aromatic nitrogens is 5. The average Bonchev–Trinajstić information content (AvgIpc) is 3.70. The molecule has 0 unspecified atom stereocenters. The standard InChI is InChI=1S/C27H29F2N7O.C4H9NO2.C3H6.C2H6/c28-17-12-18(19-15-31-34-21(19)13-17)23-22(29)24-20(14-30-23)25(35-8-2-1-3-9-35)33-26(32-24)37-16-27-6-4-10-36(27)11-5-7-27;1-3-7-4(6)5-2;1-2-3-1;1-2/h12-15H,1-11,16H2,(H,31,34);3H2,1-2H3,(H,5,6);1-3H2;1-2H3. The monoisotopic (exact) mass is 680 g/mol. The first-order valence-corrected chi connectivity index (χ1v) is 17.9. The molecule has 11 nitrogen and oxygen atoms in total. The molecule has 3 aliphatic heterocycles. The Morgan fingerprint density at radius 3 is 2.27 bits per heavy atom. The van der Waals surface area contributed by atoms with E-state index in [1.54, 1.807) is 19.3 Å². The molecule has 49 heavy (non-hydrogen) atoms. The van der Waals surface area contributed by atoms with E-state index in [0.717, 1.165) is 58.3 Å². The zero-order valence-electron chi connectivity index (χ0n) is 29.3. The molecule has 3 aromatic heterocycles. The lowest BCUT2D eigenvalue weighted by atomic mass is 9.95. The number of halogens is 2. The number of pyridine rings is 1. The Balaban J connectivity index is 0.000000337. The van der Waals surface area contributed by atoms with Gasteiger partial charge in [0.15, 0.2) is 5.82 Å². The maximum absolute atomic E-state index is 16.2. The SMILES string of the molecule is C1CC1.CC.CCOC(=O)NC.Fc1cc(-c2ncc3c(N4CCCCC4)nc(OCC45CCCN4CCC5)nc3c2F)c2cn[nH]c2c1. The quantitative estimate of drug-likeness (QED) is 0.215. The van der Waals surface area contributed by atoms with Crippen LogP contribution in [0.3, 0.4) is 0 Å². The number of anilines is 1. The number of fused-ring (bicyclic) bond motifs is 3. The molecular weight excluding hydrogens is 630 g/mol. The average molecular weight is 681 g/mol. The number of alkyl carbamates (subject to hydrolysis) is 1. The number of carbonyl (C=O) groups is 1. The zero-order chi connectivity index (χ0) is 34.8. The lowest BCUT2D eigenvalue weighted by molar-refractivity contribution is 0.108. The van der Waals surface area contributed by atoms with Gasteiger partial charge in [0.2, 0.25) is 0 Å². The van der Waals surface area contributed by atoms with E-state index in [0.29, 0.717) is 40.9 Å². The van der Waals surface area contributed by atoms with Gasteiger partial charge in [0.05, 0.1) is 29.2 Å². The van der Waals surface area contributed by atoms with Crippen LogP contribution in [0, 0.1) is 11.6 Å². The minimum Gasteiger partial charge on any atom is -0.461 e. The second kappa shape index (κ2) is 17.0. The minimum absolute atomic E-state index is 0.0278. The van der Waals surface area contributed by atoms with Gasteiger partial charge < -0.3 is 19.7 Å². The topological polar surface area (TPSA) is 121 Å². The molecule has 4 fully saturated rings. The molecule has 1 aromatic carbocycles. The van der Waals surface area contributed by atoms with Crippen LogP contribution in [0.5, 0.6) is 6.01 Å². The van der Waals surface area contributed by atoms with Crippen molar-refractivity contribution in [2.45, 2.75) is 90.5 Å². The Kier molecular flexibility index (Phi) is 12.5. The first-order chi connectivity index (χ1) is 23.9. The van der Waals surface area contributed by atoms with Gasteiger partial charge >= 0.3 is 12.1 Å². The normalized spacial score (nSPS) is 17.6. The summed E-state index contributed by atoms with van der Waals surface area (Å²) in [7, 11) is 1.53. The molecule has 2 N–H and O–H groups in total. The second-order valence-electron chi connectivity index (χ2n) is 12.6. The molecule has 1 amide bonds. The number of nitrogens with zero attached hydrogens (tertiary/aromatic N) is 6. The van der Waals surface area contributed by atoms with E-state index >= 15 is 4.39 Å². The molecule has 1 aliphatic carbocycles. The van der Waals surface area contributed by atoms with E-state index in [1.807, 2.05) is 13.8 Å². The van der Waals surface area contributed by atoms with Gasteiger partial charge in [-0.15, -0.1) is 0 Å². The van der Waals surface area contributed by atoms with Crippen molar-refractivity contribution in [3.05, 3.63) is 36.2 Å². The molecule has 6 heterocycles. The summed E-state index contributed by atoms with van der Waals surface area (Å²) in [5, 5.41) is 10.2. The summed E-state index contributed by atoms with van der Waals surface area (Å²) in [5.74, 6) is -0.458. The van der Waals surface area contributed by atoms with Gasteiger partial charge in [-0.3, -0.25) is 15.0 Å². The Morgan fingerprint density at radius 2 is 1.63 bits per heavy atom. The van der Waals surface area contributed by atoms with E-state index < -0.39 is 11.6 Å². The van der Waals surface area contributed by atoms with Gasteiger partial charge in [-0.25, -0.2) is 13.6 Å². The highest BCUT2D eigenvalue weighted by Crippen LogP contribution is 2.40. The van der Waals surface area contributed by atoms with Gasteiger partial charge in [0.25, 0.3) is 0 Å². The van der Waals surface area contributed by atoms with Crippen LogP contribution < -0.4 is 15.0 Å². The number of amides is 1. The predicted molar refractivity (Wildman–Crippen MR) is 188 cm³/mol. The lowest BCUT2D eigenvalue weighted by Crippen LogP contribution is -2.43. The highest BCUT2D eigenvalue weighted by molar-refractivity contribution is 5.97. The van der Waals surface area contributed by atoms with Gasteiger partial charge in [0, 0.05) is 37.3 Å². The van der Waals surface area contributed by atoms with Crippen LogP contribution in [0.15, 0.2) is 24.5 Å². The predicted octanol–water partition coefficient (Wildman–Crippen LogP) is 7.40. The molecule has 1 saturated carbocycles. The number of piperidine rings is 1. The summed E-state index contributed by atoms with van der Waals surface area (Å²) < 4.78 is 41.3. The molecule has 13 heteroatoms. The lowest BCUT2D eigenvalue weighted by Gasteiger charge is -2.32. The van der Waals surface area contributed by atoms with Crippen molar-refractivity contribution in [1.29, 1.82) is 0 Å². The molecular formula is C36H50F2N8O3. The fraction of sp³-hybridized carbons (Fsp3) is 0.583. The van der Waals surface area contributed by atoms with Gasteiger partial charge in [-0.05, 0) is 77.1 Å². The van der Waals surface area contributed by atoms with Crippen molar-refractivity contribution in [1.82, 2.24) is 35.4 Å². The number of ether oxygens (including phenoxy) is 2. The van der Waals surface area contributed by atoms with Gasteiger partial charge in [-0.1, -0.05) is 33.1 Å². The largest absolute Gasteiger partial charge is 0.461 e. The molecule has 4 aromatic rings. The molecule has 3 saturated heterocycles. The van der Waals surface area contributed by atoms with Gasteiger partial charge in [0.1, 0.15) is 29.5 Å². The Bertz CT molecular complexity index is 1680. The van der Waals surface area contributed by atoms with E-state index in [-0.39, 0.29) is 28.9 Å². The summed E-state index contributed by atoms with van der Waals surface area (Å²) in [5.41, 5.74) is 1.01. The van der Waals surface area contributed by atoms with Crippen molar-refractivity contribution < 1.29 is 23.0 Å². The third kappa shape index (κ3) is 8.55. The molecule has 8 rings (SSSR count). The number of H-pyrrole nitrogens is 1. The van der Waals surface area contributed by atoms with Crippen LogP contribution in [0.2, 0.25) is 0 Å². The second-order valence-corrected chi connectivity index (χ2v) is 12.6. The molecule has 4 aliphatic rings. The minimum atomic E-state index is -0.613. The van der Waals surface area contributed by atoms with Crippen molar-refractivity contribution in [3.63, 3.8) is 0 Å². The number of aromatic amines is 1. The van der Waals surface area contributed by atoms with Crippen LogP contribution in [-0.2, 0) is 4.74 Å². The molecule has 0 radical (unpaired) electrons. The first-order valence-electron chi connectivity index (χ1n) is 17.9. The third-order valence-electron chi connectivity index (χ3n) is 9.19. The van der Waals surface area contributed by atoms with Crippen LogP contribution in [0.1, 0.15) is 85.0 Å². The van der Waals surface area contributed by atoms with Crippen molar-refractivity contribution in [2.24, 2.45) is 0 Å². The highest BCUT2D eigenvalue weighted by Gasteiger charge is 2.45. The maximum atomic E-state index is 16.2. The number of rotatable bonds is 6. The Labute approximate surface area is 287 Å². The molecule has 0 atom stereocenters. The van der Waals surface area contributed by atoms with E-state index in [9.17, 15) is 9.18 Å². The number of nitrogens with one attached hydrogen (secondary N) is 2. The van der Waals surface area contributed by atoms with Crippen molar-refractivity contribution in [3.8, 4) is 17.3 Å². The van der Waals surface area contributed by atoms with E-state index in [4.69, 9.17) is 9.72 Å². The van der Waals surface area contributed by atoms with Gasteiger partial charge in [-0.2, -0.15) is 15.1 Å². The highest BCUT2D eigenvalue weighted by atomic mass is 19.1. The van der Waals surface area contributed by atoms with E-state index in [2.05, 4.69) is 40.0 Å². The first kappa shape index (κ1) is 36.2. The Hall–Kier alpha value is -4.13. The molecule has 266 valence electrons. The van der Waals surface area contributed by atoms with Crippen LogP contribution in [0.25, 0.3) is 33.1 Å². The number of benzene rings is 1. The molecule has 0 bridgehead atoms. The third-order valence-corrected chi connectivity index (χ3v) is 9.19.